The van der Waals surface area contributed by atoms with Crippen molar-refractivity contribution in [2.75, 3.05) is 66.5 Å². The van der Waals surface area contributed by atoms with E-state index in [0.29, 0.717) is 18.7 Å². The number of aliphatic imine (C=N–C) groups is 1. The molecule has 0 radical (unpaired) electrons. The van der Waals surface area contributed by atoms with Gasteiger partial charge in [0.05, 0.1) is 6.61 Å². The van der Waals surface area contributed by atoms with Gasteiger partial charge in [0, 0.05) is 64.9 Å². The molecule has 3 rings (SSSR count). The van der Waals surface area contributed by atoms with Crippen LogP contribution in [0.2, 0.25) is 0 Å². The molecule has 0 aromatic heterocycles. The Kier molecular flexibility index (Phi) is 9.62. The first kappa shape index (κ1) is 24.3. The summed E-state index contributed by atoms with van der Waals surface area (Å²) in [7, 11) is 4.02. The lowest BCUT2D eigenvalue weighted by atomic mass is 10.0. The lowest BCUT2D eigenvalue weighted by Gasteiger charge is -2.40. The van der Waals surface area contributed by atoms with Crippen LogP contribution in [0.15, 0.2) is 35.3 Å². The van der Waals surface area contributed by atoms with Crippen molar-refractivity contribution in [3.8, 4) is 0 Å². The van der Waals surface area contributed by atoms with Crippen LogP contribution in [0, 0.1) is 0 Å². The Morgan fingerprint density at radius 3 is 2.59 bits per heavy atom. The van der Waals surface area contributed by atoms with Crippen LogP contribution in [-0.4, -0.2) is 99.3 Å². The van der Waals surface area contributed by atoms with Crippen molar-refractivity contribution in [3.63, 3.8) is 0 Å². The highest BCUT2D eigenvalue weighted by Gasteiger charge is 2.26. The zero-order chi connectivity index (χ0) is 22.8. The number of nitrogens with zero attached hydrogens (tertiary/aromatic N) is 4. The van der Waals surface area contributed by atoms with Crippen molar-refractivity contribution in [1.29, 1.82) is 0 Å². The molecule has 0 aliphatic carbocycles. The summed E-state index contributed by atoms with van der Waals surface area (Å²) >= 11 is 0. The van der Waals surface area contributed by atoms with Crippen LogP contribution in [0.25, 0.3) is 0 Å². The number of ether oxygens (including phenoxy) is 1. The molecule has 2 aliphatic rings. The van der Waals surface area contributed by atoms with Crippen LogP contribution >= 0.6 is 0 Å². The normalized spacial score (nSPS) is 21.4. The molecule has 0 saturated carbocycles. The summed E-state index contributed by atoms with van der Waals surface area (Å²) in [5, 5.41) is 6.99. The molecule has 1 unspecified atom stereocenters. The Bertz CT molecular complexity index is 720. The van der Waals surface area contributed by atoms with Gasteiger partial charge in [-0.2, -0.15) is 0 Å². The van der Waals surface area contributed by atoms with Crippen LogP contribution in [0.3, 0.4) is 0 Å². The van der Waals surface area contributed by atoms with Gasteiger partial charge < -0.3 is 25.2 Å². The van der Waals surface area contributed by atoms with Gasteiger partial charge in [-0.25, -0.2) is 4.79 Å². The molecule has 2 N–H and O–H groups in total. The number of hydrogen-bond donors (Lipinski definition) is 2. The van der Waals surface area contributed by atoms with Crippen molar-refractivity contribution in [2.45, 2.75) is 38.3 Å². The number of carbonyl (C=O) groups excluding carboxylic acids is 1. The minimum atomic E-state index is -0.203. The summed E-state index contributed by atoms with van der Waals surface area (Å²) in [5.74, 6) is 0.845. The Morgan fingerprint density at radius 2 is 1.91 bits per heavy atom. The van der Waals surface area contributed by atoms with Crippen molar-refractivity contribution in [1.82, 2.24) is 25.3 Å². The predicted molar refractivity (Wildman–Crippen MR) is 129 cm³/mol. The Balaban J connectivity index is 1.39. The van der Waals surface area contributed by atoms with E-state index >= 15 is 0 Å². The van der Waals surface area contributed by atoms with E-state index in [0.717, 1.165) is 71.0 Å². The van der Waals surface area contributed by atoms with E-state index in [1.807, 2.05) is 14.0 Å². The van der Waals surface area contributed by atoms with E-state index in [1.54, 1.807) is 4.90 Å². The van der Waals surface area contributed by atoms with Crippen molar-refractivity contribution in [2.24, 2.45) is 4.99 Å². The first-order chi connectivity index (χ1) is 15.6. The zero-order valence-corrected chi connectivity index (χ0v) is 19.9. The summed E-state index contributed by atoms with van der Waals surface area (Å²) in [6.45, 7) is 8.94. The quantitative estimate of drug-likeness (QED) is 0.381. The summed E-state index contributed by atoms with van der Waals surface area (Å²) in [4.78, 5) is 23.1. The molecule has 32 heavy (non-hydrogen) atoms. The average molecular weight is 445 g/mol. The largest absolute Gasteiger partial charge is 0.450 e. The molecule has 1 aromatic carbocycles. The number of benzene rings is 1. The topological polar surface area (TPSA) is 72.4 Å². The fraction of sp³-hybridized carbons (Fsp3) is 0.667. The van der Waals surface area contributed by atoms with Gasteiger partial charge in [-0.15, -0.1) is 0 Å². The summed E-state index contributed by atoms with van der Waals surface area (Å²) in [6.07, 6.45) is 2.67. The van der Waals surface area contributed by atoms with Crippen LogP contribution < -0.4 is 10.6 Å². The third-order valence-corrected chi connectivity index (χ3v) is 6.38. The van der Waals surface area contributed by atoms with Crippen LogP contribution in [0.5, 0.6) is 0 Å². The first-order valence-corrected chi connectivity index (χ1v) is 12.0. The second-order valence-electron chi connectivity index (χ2n) is 8.68. The maximum atomic E-state index is 11.9. The lowest BCUT2D eigenvalue weighted by Crippen LogP contribution is -2.50. The molecule has 2 aliphatic heterocycles. The number of rotatable bonds is 7. The molecule has 0 spiro atoms. The number of likely N-dealkylation sites (tertiary alicyclic amines) is 1. The minimum absolute atomic E-state index is 0.203. The standard InChI is InChI=1S/C24H40N6O2/c1-4-32-24(31)30-15-11-21(12-16-30)27-23(25-2)26-13-8-14-29-18-17-28(3)19-22(29)20-9-6-5-7-10-20/h5-7,9-10,21-22H,4,8,11-19H2,1-3H3,(H2,25,26,27). The number of carbonyl (C=O) groups is 1. The molecular weight excluding hydrogens is 404 g/mol. The van der Waals surface area contributed by atoms with E-state index in [-0.39, 0.29) is 6.09 Å². The van der Waals surface area contributed by atoms with Gasteiger partial charge in [-0.3, -0.25) is 9.89 Å². The lowest BCUT2D eigenvalue weighted by molar-refractivity contribution is 0.0891. The van der Waals surface area contributed by atoms with E-state index in [9.17, 15) is 4.79 Å². The molecule has 1 aromatic rings. The number of piperidine rings is 1. The van der Waals surface area contributed by atoms with E-state index in [1.165, 1.54) is 5.56 Å². The van der Waals surface area contributed by atoms with Crippen LogP contribution in [-0.2, 0) is 4.74 Å². The third kappa shape index (κ3) is 7.10. The smallest absolute Gasteiger partial charge is 0.409 e. The van der Waals surface area contributed by atoms with Crippen LogP contribution in [0.1, 0.15) is 37.8 Å². The molecule has 8 heteroatoms. The molecule has 2 fully saturated rings. The molecular formula is C24H40N6O2. The highest BCUT2D eigenvalue weighted by Crippen LogP contribution is 2.24. The number of hydrogen-bond acceptors (Lipinski definition) is 5. The van der Waals surface area contributed by atoms with Gasteiger partial charge in [0.2, 0.25) is 0 Å². The molecule has 8 nitrogen and oxygen atoms in total. The summed E-state index contributed by atoms with van der Waals surface area (Å²) in [6, 6.07) is 11.6. The monoisotopic (exact) mass is 444 g/mol. The SMILES string of the molecule is CCOC(=O)N1CCC(NC(=NC)NCCCN2CCN(C)CC2c2ccccc2)CC1. The van der Waals surface area contributed by atoms with Gasteiger partial charge in [-0.1, -0.05) is 30.3 Å². The highest BCUT2D eigenvalue weighted by atomic mass is 16.6. The van der Waals surface area contributed by atoms with Gasteiger partial charge >= 0.3 is 6.09 Å². The average Bonchev–Trinajstić information content (AvgIpc) is 2.82. The van der Waals surface area contributed by atoms with Crippen molar-refractivity contribution >= 4 is 12.1 Å². The molecule has 1 amide bonds. The summed E-state index contributed by atoms with van der Waals surface area (Å²) < 4.78 is 5.10. The second kappa shape index (κ2) is 12.6. The number of amides is 1. The predicted octanol–water partition coefficient (Wildman–Crippen LogP) is 2.15. The van der Waals surface area contributed by atoms with Crippen molar-refractivity contribution in [3.05, 3.63) is 35.9 Å². The molecule has 2 heterocycles. The Hall–Kier alpha value is -2.32. The van der Waals surface area contributed by atoms with E-state index in [2.05, 4.69) is 62.8 Å². The number of piperazine rings is 1. The summed E-state index contributed by atoms with van der Waals surface area (Å²) in [5.41, 5.74) is 1.40. The fourth-order valence-electron chi connectivity index (χ4n) is 4.51. The molecule has 178 valence electrons. The first-order valence-electron chi connectivity index (χ1n) is 12.0. The number of nitrogens with one attached hydrogen (secondary N) is 2. The fourth-order valence-corrected chi connectivity index (χ4v) is 4.51. The molecule has 1 atom stereocenters. The third-order valence-electron chi connectivity index (χ3n) is 6.38. The number of guanidine groups is 1. The van der Waals surface area contributed by atoms with Crippen LogP contribution in [0.4, 0.5) is 4.79 Å². The van der Waals surface area contributed by atoms with Gasteiger partial charge in [-0.05, 0) is 38.8 Å². The molecule has 2 saturated heterocycles. The van der Waals surface area contributed by atoms with E-state index in [4.69, 9.17) is 4.74 Å². The van der Waals surface area contributed by atoms with Gasteiger partial charge in [0.25, 0.3) is 0 Å². The second-order valence-corrected chi connectivity index (χ2v) is 8.68. The Morgan fingerprint density at radius 1 is 1.16 bits per heavy atom. The number of likely N-dealkylation sites (N-methyl/N-ethyl adjacent to an activating group) is 1. The van der Waals surface area contributed by atoms with E-state index < -0.39 is 0 Å². The van der Waals surface area contributed by atoms with Crippen molar-refractivity contribution < 1.29 is 9.53 Å². The maximum Gasteiger partial charge on any atom is 0.409 e. The molecule has 0 bridgehead atoms. The zero-order valence-electron chi connectivity index (χ0n) is 19.9. The maximum absolute atomic E-state index is 11.9. The van der Waals surface area contributed by atoms with Gasteiger partial charge in [0.1, 0.15) is 0 Å². The van der Waals surface area contributed by atoms with Gasteiger partial charge in [0.15, 0.2) is 5.96 Å². The highest BCUT2D eigenvalue weighted by molar-refractivity contribution is 5.80. The Labute approximate surface area is 193 Å². The minimum Gasteiger partial charge on any atom is -0.450 e.